The van der Waals surface area contributed by atoms with Crippen LogP contribution < -0.4 is 0 Å². The summed E-state index contributed by atoms with van der Waals surface area (Å²) in [6, 6.07) is 19.0. The second-order valence-electron chi connectivity index (χ2n) is 8.98. The van der Waals surface area contributed by atoms with E-state index in [1.807, 2.05) is 12.1 Å². The molecule has 1 N–H and O–H groups in total. The average molecular weight is 401 g/mol. The van der Waals surface area contributed by atoms with Crippen molar-refractivity contribution in [1.82, 2.24) is 0 Å². The van der Waals surface area contributed by atoms with E-state index >= 15 is 0 Å². The van der Waals surface area contributed by atoms with Crippen LogP contribution in [0.3, 0.4) is 0 Å². The highest BCUT2D eigenvalue weighted by molar-refractivity contribution is 6.84. The molecule has 0 radical (unpaired) electrons. The number of hydrogen-bond acceptors (Lipinski definition) is 2. The van der Waals surface area contributed by atoms with E-state index < -0.39 is 16.6 Å². The first-order valence-corrected chi connectivity index (χ1v) is 16.4. The van der Waals surface area contributed by atoms with Crippen LogP contribution in [0.5, 0.6) is 5.75 Å². The largest absolute Gasteiger partial charge is 0.508 e. The summed E-state index contributed by atoms with van der Waals surface area (Å²) in [7, 11) is -3.24. The topological polar surface area (TPSA) is 29.5 Å². The van der Waals surface area contributed by atoms with Crippen LogP contribution in [0.4, 0.5) is 0 Å². The summed E-state index contributed by atoms with van der Waals surface area (Å²) in [5.74, 6) is 0.343. The van der Waals surface area contributed by atoms with Gasteiger partial charge in [0, 0.05) is 0 Å². The van der Waals surface area contributed by atoms with Gasteiger partial charge in [-0.2, -0.15) is 0 Å². The molecule has 2 rings (SSSR count). The Labute approximate surface area is 167 Å². The first kappa shape index (κ1) is 21.9. The molecule has 0 aliphatic rings. The summed E-state index contributed by atoms with van der Waals surface area (Å²) in [5.41, 5.74) is 4.07. The van der Waals surface area contributed by atoms with Crippen molar-refractivity contribution in [2.75, 3.05) is 0 Å². The summed E-state index contributed by atoms with van der Waals surface area (Å²) >= 11 is 0. The lowest BCUT2D eigenvalue weighted by Gasteiger charge is -2.34. The van der Waals surface area contributed by atoms with Crippen molar-refractivity contribution in [3.8, 4) is 5.75 Å². The Morgan fingerprint density at radius 2 is 1.11 bits per heavy atom. The van der Waals surface area contributed by atoms with Gasteiger partial charge in [-0.3, -0.25) is 0 Å². The molecule has 0 aromatic heterocycles. The fraction of sp³-hybridized carbons (Fsp3) is 0.478. The van der Waals surface area contributed by atoms with Crippen molar-refractivity contribution in [3.05, 3.63) is 65.2 Å². The van der Waals surface area contributed by atoms with Crippen molar-refractivity contribution < 1.29 is 9.22 Å². The smallest absolute Gasteiger partial charge is 0.173 e. The minimum absolute atomic E-state index is 0.343. The molecule has 0 saturated heterocycles. The Morgan fingerprint density at radius 1 is 0.704 bits per heavy atom. The highest BCUT2D eigenvalue weighted by atomic mass is 28.4. The van der Waals surface area contributed by atoms with Gasteiger partial charge in [0.05, 0.1) is 0 Å². The summed E-state index contributed by atoms with van der Waals surface area (Å²) in [5, 5.41) is 9.39. The van der Waals surface area contributed by atoms with Gasteiger partial charge in [-0.05, 0) is 94.1 Å². The lowest BCUT2D eigenvalue weighted by atomic mass is 10.1. The van der Waals surface area contributed by atoms with E-state index in [9.17, 15) is 5.11 Å². The molecule has 0 unspecified atom stereocenters. The van der Waals surface area contributed by atoms with Gasteiger partial charge in [-0.25, -0.2) is 0 Å². The molecular weight excluding hydrogens is 364 g/mol. The molecule has 0 atom stereocenters. The van der Waals surface area contributed by atoms with Gasteiger partial charge in [0.15, 0.2) is 16.6 Å². The molecule has 148 valence electrons. The zero-order chi connectivity index (χ0) is 19.9. The van der Waals surface area contributed by atoms with Crippen molar-refractivity contribution in [2.24, 2.45) is 0 Å². The number of benzene rings is 2. The van der Waals surface area contributed by atoms with E-state index in [-0.39, 0.29) is 0 Å². The van der Waals surface area contributed by atoms with Crippen LogP contribution >= 0.6 is 0 Å². The Kier molecular flexibility index (Phi) is 7.89. The maximum absolute atomic E-state index is 9.39. The Balaban J connectivity index is 1.74. The number of aryl methyl sites for hydroxylation is 3. The molecule has 0 heterocycles. The Bertz CT molecular complexity index is 630. The molecule has 0 aliphatic carbocycles. The minimum atomic E-state index is -1.63. The highest BCUT2D eigenvalue weighted by Gasteiger charge is 2.32. The zero-order valence-electron chi connectivity index (χ0n) is 17.7. The number of phenols is 1. The van der Waals surface area contributed by atoms with E-state index in [2.05, 4.69) is 57.4 Å². The van der Waals surface area contributed by atoms with E-state index in [0.29, 0.717) is 5.75 Å². The summed E-state index contributed by atoms with van der Waals surface area (Å²) < 4.78 is 6.78. The van der Waals surface area contributed by atoms with Crippen LogP contribution in [0.2, 0.25) is 38.3 Å². The van der Waals surface area contributed by atoms with Crippen molar-refractivity contribution in [2.45, 2.75) is 70.9 Å². The minimum Gasteiger partial charge on any atom is -0.508 e. The van der Waals surface area contributed by atoms with Gasteiger partial charge in [0.2, 0.25) is 0 Å². The van der Waals surface area contributed by atoms with Crippen molar-refractivity contribution in [3.63, 3.8) is 0 Å². The van der Waals surface area contributed by atoms with E-state index in [0.717, 1.165) is 19.3 Å². The third-order valence-corrected chi connectivity index (χ3v) is 12.6. The molecule has 2 aromatic rings. The van der Waals surface area contributed by atoms with Gasteiger partial charge in [0.25, 0.3) is 0 Å². The zero-order valence-corrected chi connectivity index (χ0v) is 19.7. The number of rotatable bonds is 10. The third-order valence-electron chi connectivity index (χ3n) is 5.10. The van der Waals surface area contributed by atoms with Gasteiger partial charge >= 0.3 is 0 Å². The number of aromatic hydroxyl groups is 1. The van der Waals surface area contributed by atoms with Crippen LogP contribution in [0.25, 0.3) is 0 Å². The molecule has 0 spiro atoms. The standard InChI is InChI=1S/C23H36O2Si2/c1-20-10-12-21(13-11-20)8-6-18-26(2,3)25-27(4,5)19-7-9-22-14-16-23(24)17-15-22/h10-17,24H,6-9,18-19H2,1-5H3. The Hall–Kier alpha value is -1.37. The lowest BCUT2D eigenvalue weighted by Crippen LogP contribution is -2.44. The van der Waals surface area contributed by atoms with Crippen molar-refractivity contribution >= 4 is 16.6 Å². The normalized spacial score (nSPS) is 12.3. The molecule has 0 amide bonds. The number of phenolic OH excluding ortho intramolecular Hbond substituents is 1. The second-order valence-corrected chi connectivity index (χ2v) is 17.8. The molecular formula is C23H36O2Si2. The monoisotopic (exact) mass is 400 g/mol. The van der Waals surface area contributed by atoms with E-state index in [1.165, 1.54) is 35.2 Å². The van der Waals surface area contributed by atoms with Gasteiger partial charge in [-0.1, -0.05) is 42.0 Å². The van der Waals surface area contributed by atoms with Crippen LogP contribution in [-0.2, 0) is 17.0 Å². The fourth-order valence-corrected chi connectivity index (χ4v) is 12.6. The molecule has 27 heavy (non-hydrogen) atoms. The first-order valence-electron chi connectivity index (χ1n) is 10.2. The first-order chi connectivity index (χ1) is 12.7. The van der Waals surface area contributed by atoms with E-state index in [4.69, 9.17) is 4.12 Å². The highest BCUT2D eigenvalue weighted by Crippen LogP contribution is 2.25. The van der Waals surface area contributed by atoms with Gasteiger partial charge in [0.1, 0.15) is 5.75 Å². The molecule has 0 fully saturated rings. The molecule has 2 aromatic carbocycles. The summed E-state index contributed by atoms with van der Waals surface area (Å²) in [4.78, 5) is 0. The predicted octanol–water partition coefficient (Wildman–Crippen LogP) is 6.69. The SMILES string of the molecule is Cc1ccc(CCC[Si](C)(C)O[Si](C)(C)CCCc2ccc(O)cc2)cc1. The maximum Gasteiger partial charge on any atom is 0.173 e. The number of hydrogen-bond donors (Lipinski definition) is 1. The second kappa shape index (κ2) is 9.71. The van der Waals surface area contributed by atoms with Crippen LogP contribution in [-0.4, -0.2) is 21.7 Å². The van der Waals surface area contributed by atoms with Crippen molar-refractivity contribution in [1.29, 1.82) is 0 Å². The molecule has 0 bridgehead atoms. The molecule has 0 aliphatic heterocycles. The van der Waals surface area contributed by atoms with Gasteiger partial charge in [-0.15, -0.1) is 0 Å². The quantitative estimate of drug-likeness (QED) is 0.450. The van der Waals surface area contributed by atoms with Crippen LogP contribution in [0, 0.1) is 6.92 Å². The summed E-state index contributed by atoms with van der Waals surface area (Å²) in [6.07, 6.45) is 4.61. The van der Waals surface area contributed by atoms with Crippen LogP contribution in [0.15, 0.2) is 48.5 Å². The van der Waals surface area contributed by atoms with Crippen LogP contribution in [0.1, 0.15) is 29.5 Å². The average Bonchev–Trinajstić information content (AvgIpc) is 2.57. The lowest BCUT2D eigenvalue weighted by molar-refractivity contribution is 0.475. The maximum atomic E-state index is 9.39. The Morgan fingerprint density at radius 3 is 1.56 bits per heavy atom. The fourth-order valence-electron chi connectivity index (χ4n) is 3.70. The molecule has 2 nitrogen and oxygen atoms in total. The molecule has 4 heteroatoms. The molecule has 0 saturated carbocycles. The summed E-state index contributed by atoms with van der Waals surface area (Å²) in [6.45, 7) is 11.7. The van der Waals surface area contributed by atoms with Gasteiger partial charge < -0.3 is 9.22 Å². The third kappa shape index (κ3) is 8.45. The predicted molar refractivity (Wildman–Crippen MR) is 122 cm³/mol. The van der Waals surface area contributed by atoms with E-state index in [1.54, 1.807) is 12.1 Å².